The van der Waals surface area contributed by atoms with Crippen molar-refractivity contribution in [3.63, 3.8) is 0 Å². The van der Waals surface area contributed by atoms with Crippen LogP contribution in [0.1, 0.15) is 13.8 Å². The number of hydrogen-bond donors (Lipinski definition) is 4. The molecular formula is C23H26BClFN5O4. The summed E-state index contributed by atoms with van der Waals surface area (Å²) in [4.78, 5) is 8.26. The zero-order valence-electron chi connectivity index (χ0n) is 19.5. The topological polar surface area (TPSA) is 110 Å². The third-order valence-electron chi connectivity index (χ3n) is 4.92. The summed E-state index contributed by atoms with van der Waals surface area (Å²) < 4.78 is 31.5. The zero-order valence-corrected chi connectivity index (χ0v) is 20.3. The van der Waals surface area contributed by atoms with Gasteiger partial charge in [-0.2, -0.15) is 4.98 Å². The molecule has 3 aromatic rings. The molecule has 2 aromatic carbocycles. The Balaban J connectivity index is 1.44. The van der Waals surface area contributed by atoms with E-state index in [1.807, 2.05) is 13.8 Å². The number of nitrogens with zero attached hydrogens (tertiary/aromatic N) is 2. The van der Waals surface area contributed by atoms with E-state index in [2.05, 4.69) is 25.8 Å². The van der Waals surface area contributed by atoms with Gasteiger partial charge in [0, 0.05) is 23.1 Å². The molecule has 1 aliphatic heterocycles. The third-order valence-corrected chi connectivity index (χ3v) is 5.24. The highest BCUT2D eigenvalue weighted by atomic mass is 35.5. The van der Waals surface area contributed by atoms with Gasteiger partial charge in [-0.05, 0) is 51.0 Å². The smallest absolute Gasteiger partial charge is 0.406 e. The van der Waals surface area contributed by atoms with E-state index in [9.17, 15) is 9.41 Å². The molecule has 1 saturated heterocycles. The van der Waals surface area contributed by atoms with E-state index in [-0.39, 0.29) is 24.5 Å². The Bertz CT molecular complexity index is 1190. The minimum atomic E-state index is -0.726. The number of ether oxygens (including phenoxy) is 3. The van der Waals surface area contributed by atoms with Crippen LogP contribution in [0.25, 0.3) is 0 Å². The number of rotatable bonds is 9. The van der Waals surface area contributed by atoms with E-state index >= 15 is 0 Å². The average molecular weight is 502 g/mol. The molecule has 12 heteroatoms. The van der Waals surface area contributed by atoms with Gasteiger partial charge in [-0.3, -0.25) is 0 Å². The monoisotopic (exact) mass is 501 g/mol. The Hall–Kier alpha value is -3.12. The Morgan fingerprint density at radius 3 is 2.71 bits per heavy atom. The molecule has 1 unspecified atom stereocenters. The van der Waals surface area contributed by atoms with Gasteiger partial charge in [-0.1, -0.05) is 17.7 Å². The maximum absolute atomic E-state index is 14.4. The zero-order chi connectivity index (χ0) is 25.0. The summed E-state index contributed by atoms with van der Waals surface area (Å²) in [6, 6.07) is 12.2. The largest absolute Gasteiger partial charge is 0.489 e. The Morgan fingerprint density at radius 2 is 1.97 bits per heavy atom. The van der Waals surface area contributed by atoms with Crippen LogP contribution in [0.2, 0.25) is 11.8 Å². The van der Waals surface area contributed by atoms with E-state index in [0.29, 0.717) is 34.4 Å². The van der Waals surface area contributed by atoms with Crippen LogP contribution < -0.4 is 20.6 Å². The number of halogens is 2. The van der Waals surface area contributed by atoms with Crippen molar-refractivity contribution in [3.8, 4) is 5.75 Å². The summed E-state index contributed by atoms with van der Waals surface area (Å²) in [5.41, 5.74) is 1.86. The molecule has 2 heterocycles. The van der Waals surface area contributed by atoms with E-state index in [1.54, 1.807) is 49.3 Å². The lowest BCUT2D eigenvalue weighted by Gasteiger charge is -2.18. The first-order valence-corrected chi connectivity index (χ1v) is 11.4. The van der Waals surface area contributed by atoms with E-state index < -0.39 is 18.7 Å². The quantitative estimate of drug-likeness (QED) is 0.307. The summed E-state index contributed by atoms with van der Waals surface area (Å²) in [5.74, 6) is -0.640. The van der Waals surface area contributed by atoms with Crippen molar-refractivity contribution in [2.75, 3.05) is 29.1 Å². The molecule has 1 aromatic heterocycles. The minimum Gasteiger partial charge on any atom is -0.489 e. The molecular weight excluding hydrogens is 476 g/mol. The molecule has 0 radical (unpaired) electrons. The Kier molecular flexibility index (Phi) is 7.61. The summed E-state index contributed by atoms with van der Waals surface area (Å²) in [7, 11) is -0.726. The predicted molar refractivity (Wildman–Crippen MR) is 134 cm³/mol. The Labute approximate surface area is 208 Å². The van der Waals surface area contributed by atoms with Crippen molar-refractivity contribution < 1.29 is 23.6 Å². The van der Waals surface area contributed by atoms with Crippen molar-refractivity contribution in [3.05, 3.63) is 59.5 Å². The van der Waals surface area contributed by atoms with Crippen LogP contribution >= 0.6 is 11.6 Å². The number of nitrogens with one attached hydrogen (secondary N) is 3. The molecule has 0 bridgehead atoms. The molecule has 9 nitrogen and oxygen atoms in total. The van der Waals surface area contributed by atoms with Gasteiger partial charge in [-0.25, -0.2) is 9.37 Å². The predicted octanol–water partition coefficient (Wildman–Crippen LogP) is 4.81. The van der Waals surface area contributed by atoms with Crippen LogP contribution in [0.3, 0.4) is 0 Å². The van der Waals surface area contributed by atoms with Gasteiger partial charge in [0.05, 0.1) is 17.8 Å². The average Bonchev–Trinajstić information content (AvgIpc) is 3.15. The maximum atomic E-state index is 14.4. The summed E-state index contributed by atoms with van der Waals surface area (Å²) in [6.45, 7) is 6.00. The minimum absolute atomic E-state index is 0.0110. The summed E-state index contributed by atoms with van der Waals surface area (Å²) in [6.07, 6.45) is 0.864. The van der Waals surface area contributed by atoms with Gasteiger partial charge in [0.1, 0.15) is 18.5 Å². The van der Waals surface area contributed by atoms with Crippen LogP contribution in [0.4, 0.5) is 33.2 Å². The van der Waals surface area contributed by atoms with E-state index in [4.69, 9.17) is 25.8 Å². The van der Waals surface area contributed by atoms with E-state index in [0.717, 1.165) is 6.20 Å². The molecule has 1 atom stereocenters. The fourth-order valence-electron chi connectivity index (χ4n) is 3.43. The van der Waals surface area contributed by atoms with Gasteiger partial charge in [0.2, 0.25) is 5.95 Å². The highest BCUT2D eigenvalue weighted by Crippen LogP contribution is 2.31. The first kappa shape index (κ1) is 25.0. The lowest BCUT2D eigenvalue weighted by Crippen LogP contribution is -2.25. The molecule has 0 aliphatic carbocycles. The second-order valence-electron chi connectivity index (χ2n) is 8.45. The fraction of sp³-hybridized carbons (Fsp3) is 0.304. The third kappa shape index (κ3) is 6.95. The van der Waals surface area contributed by atoms with Crippen molar-refractivity contribution in [1.82, 2.24) is 9.97 Å². The lowest BCUT2D eigenvalue weighted by molar-refractivity contribution is -0.141. The van der Waals surface area contributed by atoms with Crippen molar-refractivity contribution >= 4 is 47.5 Å². The van der Waals surface area contributed by atoms with Gasteiger partial charge in [0.15, 0.2) is 17.4 Å². The van der Waals surface area contributed by atoms with Crippen LogP contribution in [0.5, 0.6) is 5.75 Å². The van der Waals surface area contributed by atoms with Crippen molar-refractivity contribution in [1.29, 1.82) is 0 Å². The Morgan fingerprint density at radius 1 is 1.20 bits per heavy atom. The normalized spacial score (nSPS) is 16.6. The molecule has 0 saturated carbocycles. The van der Waals surface area contributed by atoms with Crippen LogP contribution in [-0.2, 0) is 9.47 Å². The lowest BCUT2D eigenvalue weighted by atomic mass is 9.88. The van der Waals surface area contributed by atoms with Crippen LogP contribution in [0.15, 0.2) is 48.7 Å². The number of anilines is 5. The molecule has 0 amide bonds. The van der Waals surface area contributed by atoms with Crippen molar-refractivity contribution in [2.24, 2.45) is 0 Å². The summed E-state index contributed by atoms with van der Waals surface area (Å²) >= 11 is 6.28. The van der Waals surface area contributed by atoms with Gasteiger partial charge >= 0.3 is 7.05 Å². The highest BCUT2D eigenvalue weighted by molar-refractivity contribution is 6.52. The second kappa shape index (κ2) is 10.7. The van der Waals surface area contributed by atoms with Crippen LogP contribution in [0, 0.1) is 5.82 Å². The molecule has 184 valence electrons. The standard InChI is InChI=1S/C23H26BClFN5O4/c1-23(2)34-13-17(35-23)12-33-20-10-15(7-8-18(20)25)29-22-27-11-19(26)21(30-22)28-14-5-4-6-16(9-14)31-24(3)32/h4-11,17,31-32H,12-13H2,1-3H3,(H2,27,28,29,30). The SMILES string of the molecule is CB(O)Nc1cccc(Nc2nc(Nc3ccc(Cl)c(OCC4COC(C)(C)O4)c3)ncc2F)c1. The first-order valence-electron chi connectivity index (χ1n) is 11.0. The maximum Gasteiger partial charge on any atom is 0.406 e. The molecule has 4 rings (SSSR count). The van der Waals surface area contributed by atoms with Gasteiger partial charge in [0.25, 0.3) is 0 Å². The first-order chi connectivity index (χ1) is 16.7. The highest BCUT2D eigenvalue weighted by Gasteiger charge is 2.33. The van der Waals surface area contributed by atoms with Crippen LogP contribution in [-0.4, -0.2) is 47.1 Å². The molecule has 4 N–H and O–H groups in total. The number of hydrogen-bond acceptors (Lipinski definition) is 9. The molecule has 1 fully saturated rings. The molecule has 0 spiro atoms. The molecule has 35 heavy (non-hydrogen) atoms. The molecule has 1 aliphatic rings. The fourth-order valence-corrected chi connectivity index (χ4v) is 3.60. The number of aromatic nitrogens is 2. The van der Waals surface area contributed by atoms with Gasteiger partial charge < -0.3 is 35.1 Å². The van der Waals surface area contributed by atoms with E-state index in [1.165, 1.54) is 0 Å². The van der Waals surface area contributed by atoms with Crippen molar-refractivity contribution in [2.45, 2.75) is 32.6 Å². The number of benzene rings is 2. The van der Waals surface area contributed by atoms with Gasteiger partial charge in [-0.15, -0.1) is 0 Å². The summed E-state index contributed by atoms with van der Waals surface area (Å²) in [5, 5.41) is 18.8. The second-order valence-corrected chi connectivity index (χ2v) is 8.86.